The maximum absolute atomic E-state index is 2.53. The maximum Gasteiger partial charge on any atom is 0.0722 e. The van der Waals surface area contributed by atoms with Gasteiger partial charge in [-0.25, -0.2) is 0 Å². The lowest BCUT2D eigenvalue weighted by atomic mass is 9.64. The fourth-order valence-electron chi connectivity index (χ4n) is 5.56. The van der Waals surface area contributed by atoms with E-state index in [1.54, 1.807) is 0 Å². The Hall–Kier alpha value is -3.52. The molecule has 35 heavy (non-hydrogen) atoms. The molecular formula is C33H38N2. The van der Waals surface area contributed by atoms with Crippen LogP contribution < -0.4 is 9.80 Å². The van der Waals surface area contributed by atoms with Gasteiger partial charge in [0.05, 0.1) is 16.8 Å². The quantitative estimate of drug-likeness (QED) is 0.222. The van der Waals surface area contributed by atoms with Crippen molar-refractivity contribution in [2.75, 3.05) is 36.0 Å². The summed E-state index contributed by atoms with van der Waals surface area (Å²) in [5.41, 5.74) is 7.35. The molecule has 0 aliphatic carbocycles. The zero-order valence-electron chi connectivity index (χ0n) is 21.6. The van der Waals surface area contributed by atoms with Crippen LogP contribution in [-0.2, 0) is 5.41 Å². The Bertz CT molecular complexity index is 1080. The van der Waals surface area contributed by atoms with Crippen molar-refractivity contribution < 1.29 is 0 Å². The number of benzene rings is 4. The van der Waals surface area contributed by atoms with Gasteiger partial charge in [-0.1, -0.05) is 103 Å². The molecule has 2 heteroatoms. The topological polar surface area (TPSA) is 6.48 Å². The average Bonchev–Trinajstić information content (AvgIpc) is 2.93. The summed E-state index contributed by atoms with van der Waals surface area (Å²) in [6.45, 7) is 12.9. The largest absolute Gasteiger partial charge is 0.370 e. The van der Waals surface area contributed by atoms with Crippen LogP contribution in [0.25, 0.3) is 0 Å². The first-order valence-corrected chi connectivity index (χ1v) is 13.0. The van der Waals surface area contributed by atoms with Gasteiger partial charge in [0.2, 0.25) is 0 Å². The Morgan fingerprint density at radius 1 is 0.457 bits per heavy atom. The van der Waals surface area contributed by atoms with E-state index in [2.05, 4.69) is 147 Å². The van der Waals surface area contributed by atoms with Gasteiger partial charge in [-0.05, 0) is 56.0 Å². The number of hydrogen-bond acceptors (Lipinski definition) is 2. The molecular weight excluding hydrogens is 424 g/mol. The van der Waals surface area contributed by atoms with Crippen molar-refractivity contribution in [1.29, 1.82) is 0 Å². The Kier molecular flexibility index (Phi) is 7.92. The molecule has 0 saturated heterocycles. The first-order chi connectivity index (χ1) is 17.2. The minimum absolute atomic E-state index is 0.454. The normalized spacial score (nSPS) is 11.3. The third-order valence-corrected chi connectivity index (χ3v) is 7.22. The van der Waals surface area contributed by atoms with Crippen LogP contribution >= 0.6 is 0 Å². The summed E-state index contributed by atoms with van der Waals surface area (Å²) in [4.78, 5) is 5.02. The van der Waals surface area contributed by atoms with Gasteiger partial charge < -0.3 is 9.80 Å². The highest BCUT2D eigenvalue weighted by Gasteiger charge is 2.41. The molecule has 0 unspecified atom stereocenters. The van der Waals surface area contributed by atoms with E-state index in [1.807, 2.05) is 0 Å². The van der Waals surface area contributed by atoms with Crippen LogP contribution in [0.15, 0.2) is 109 Å². The Labute approximate surface area is 211 Å². The van der Waals surface area contributed by atoms with Crippen molar-refractivity contribution in [2.45, 2.75) is 33.1 Å². The van der Waals surface area contributed by atoms with Crippen molar-refractivity contribution in [3.63, 3.8) is 0 Å². The second-order valence-electron chi connectivity index (χ2n) is 8.87. The fourth-order valence-corrected chi connectivity index (χ4v) is 5.56. The van der Waals surface area contributed by atoms with Crippen LogP contribution in [0, 0.1) is 0 Å². The highest BCUT2D eigenvalue weighted by molar-refractivity contribution is 5.80. The summed E-state index contributed by atoms with van der Waals surface area (Å²) in [5.74, 6) is 0. The summed E-state index contributed by atoms with van der Waals surface area (Å²) < 4.78 is 0. The molecule has 4 rings (SSSR count). The molecule has 0 N–H and O–H groups in total. The zero-order chi connectivity index (χ0) is 24.7. The fraction of sp³-hybridized carbons (Fsp3) is 0.273. The second-order valence-corrected chi connectivity index (χ2v) is 8.87. The van der Waals surface area contributed by atoms with Crippen molar-refractivity contribution in [3.8, 4) is 0 Å². The van der Waals surface area contributed by atoms with Gasteiger partial charge in [-0.2, -0.15) is 0 Å². The lowest BCUT2D eigenvalue weighted by molar-refractivity contribution is 0.729. The SMILES string of the molecule is CCN(CC)c1cccc(C(c2ccccc2)(c2ccccc2)c2ccccc2)c1N(CC)CC. The summed E-state index contributed by atoms with van der Waals surface area (Å²) >= 11 is 0. The summed E-state index contributed by atoms with van der Waals surface area (Å²) in [7, 11) is 0. The molecule has 4 aromatic carbocycles. The number of rotatable bonds is 10. The Morgan fingerprint density at radius 3 is 1.23 bits per heavy atom. The molecule has 0 atom stereocenters. The molecule has 0 fully saturated rings. The summed E-state index contributed by atoms with van der Waals surface area (Å²) in [5, 5.41) is 0. The highest BCUT2D eigenvalue weighted by atomic mass is 15.2. The van der Waals surface area contributed by atoms with E-state index >= 15 is 0 Å². The zero-order valence-corrected chi connectivity index (χ0v) is 21.6. The van der Waals surface area contributed by atoms with Gasteiger partial charge in [-0.15, -0.1) is 0 Å². The summed E-state index contributed by atoms with van der Waals surface area (Å²) in [6.07, 6.45) is 0. The molecule has 180 valence electrons. The van der Waals surface area contributed by atoms with Gasteiger partial charge in [0.1, 0.15) is 0 Å². The van der Waals surface area contributed by atoms with E-state index in [0.29, 0.717) is 0 Å². The van der Waals surface area contributed by atoms with Crippen LogP contribution in [0.5, 0.6) is 0 Å². The van der Waals surface area contributed by atoms with Gasteiger partial charge >= 0.3 is 0 Å². The van der Waals surface area contributed by atoms with Crippen molar-refractivity contribution >= 4 is 11.4 Å². The van der Waals surface area contributed by atoms with Crippen LogP contribution in [0.1, 0.15) is 49.9 Å². The van der Waals surface area contributed by atoms with Crippen LogP contribution in [0.4, 0.5) is 11.4 Å². The highest BCUT2D eigenvalue weighted by Crippen LogP contribution is 2.50. The monoisotopic (exact) mass is 462 g/mol. The molecule has 0 aliphatic heterocycles. The Morgan fingerprint density at radius 2 is 0.857 bits per heavy atom. The predicted molar refractivity (Wildman–Crippen MR) is 152 cm³/mol. The average molecular weight is 463 g/mol. The molecule has 0 spiro atoms. The number of para-hydroxylation sites is 1. The minimum atomic E-state index is -0.454. The minimum Gasteiger partial charge on any atom is -0.370 e. The third kappa shape index (κ3) is 4.46. The molecule has 2 nitrogen and oxygen atoms in total. The molecule has 0 bridgehead atoms. The maximum atomic E-state index is 2.53. The molecule has 0 heterocycles. The van der Waals surface area contributed by atoms with E-state index in [0.717, 1.165) is 26.2 Å². The van der Waals surface area contributed by atoms with E-state index in [1.165, 1.54) is 33.6 Å². The molecule has 0 aliphatic rings. The molecule has 0 aromatic heterocycles. The van der Waals surface area contributed by atoms with Gasteiger partial charge in [-0.3, -0.25) is 0 Å². The lowest BCUT2D eigenvalue weighted by Gasteiger charge is -2.41. The van der Waals surface area contributed by atoms with Crippen LogP contribution in [0.2, 0.25) is 0 Å². The smallest absolute Gasteiger partial charge is 0.0722 e. The van der Waals surface area contributed by atoms with Crippen molar-refractivity contribution in [2.24, 2.45) is 0 Å². The standard InChI is InChI=1S/C33H38N2/c1-5-34(6-2)31-26-18-25-30(32(31)35(7-3)8-4)33(27-19-12-9-13-20-27,28-21-14-10-15-22-28)29-23-16-11-17-24-29/h9-26H,5-8H2,1-4H3. The number of anilines is 2. The molecule has 0 radical (unpaired) electrons. The van der Waals surface area contributed by atoms with E-state index in [4.69, 9.17) is 0 Å². The van der Waals surface area contributed by atoms with E-state index in [9.17, 15) is 0 Å². The van der Waals surface area contributed by atoms with Crippen LogP contribution in [0.3, 0.4) is 0 Å². The summed E-state index contributed by atoms with van der Waals surface area (Å²) in [6, 6.07) is 40.0. The van der Waals surface area contributed by atoms with Gasteiger partial charge in [0.25, 0.3) is 0 Å². The second kappa shape index (κ2) is 11.3. The number of hydrogen-bond donors (Lipinski definition) is 0. The molecule has 0 saturated carbocycles. The van der Waals surface area contributed by atoms with Gasteiger partial charge in [0.15, 0.2) is 0 Å². The molecule has 4 aromatic rings. The van der Waals surface area contributed by atoms with E-state index in [-0.39, 0.29) is 0 Å². The number of nitrogens with zero attached hydrogens (tertiary/aromatic N) is 2. The van der Waals surface area contributed by atoms with Gasteiger partial charge in [0, 0.05) is 26.2 Å². The molecule has 0 amide bonds. The first-order valence-electron chi connectivity index (χ1n) is 13.0. The Balaban J connectivity index is 2.21. The third-order valence-electron chi connectivity index (χ3n) is 7.22. The van der Waals surface area contributed by atoms with Crippen molar-refractivity contribution in [3.05, 3.63) is 131 Å². The lowest BCUT2D eigenvalue weighted by Crippen LogP contribution is -2.36. The van der Waals surface area contributed by atoms with Crippen LogP contribution in [-0.4, -0.2) is 26.2 Å². The first kappa shape index (κ1) is 24.6. The van der Waals surface area contributed by atoms with Crippen molar-refractivity contribution in [1.82, 2.24) is 0 Å². The predicted octanol–water partition coefficient (Wildman–Crippen LogP) is 7.76. The van der Waals surface area contributed by atoms with E-state index < -0.39 is 5.41 Å².